The number of nitrogens with zero attached hydrogens (tertiary/aromatic N) is 3. The fourth-order valence-corrected chi connectivity index (χ4v) is 6.79. The van der Waals surface area contributed by atoms with Crippen LogP contribution in [0, 0.1) is 0 Å². The molecular formula is C21H24N4O6S2. The van der Waals surface area contributed by atoms with Crippen molar-refractivity contribution in [3.63, 3.8) is 0 Å². The van der Waals surface area contributed by atoms with Crippen LogP contribution in [0.25, 0.3) is 0 Å². The highest BCUT2D eigenvalue weighted by Gasteiger charge is 2.50. The van der Waals surface area contributed by atoms with E-state index in [1.54, 1.807) is 42.6 Å². The van der Waals surface area contributed by atoms with Crippen molar-refractivity contribution in [2.75, 3.05) is 46.1 Å². The Kier molecular flexibility index (Phi) is 5.55. The second-order valence-electron chi connectivity index (χ2n) is 8.24. The number of urea groups is 1. The number of nitrogens with one attached hydrogen (secondary N) is 1. The number of carbonyl (C=O) groups excluding carboxylic acids is 2. The molecule has 5 rings (SSSR count). The number of benzene rings is 1. The van der Waals surface area contributed by atoms with Gasteiger partial charge < -0.3 is 14.8 Å². The van der Waals surface area contributed by atoms with E-state index in [4.69, 9.17) is 9.47 Å². The van der Waals surface area contributed by atoms with Gasteiger partial charge in [-0.1, -0.05) is 12.1 Å². The predicted octanol–water partition coefficient (Wildman–Crippen LogP) is 1.25. The maximum atomic E-state index is 13.3. The first kappa shape index (κ1) is 22.1. The van der Waals surface area contributed by atoms with Gasteiger partial charge in [-0.3, -0.25) is 9.69 Å². The fraction of sp³-hybridized carbons (Fsp3) is 0.429. The number of hydrogen-bond donors (Lipinski definition) is 1. The topological polar surface area (TPSA) is 108 Å². The van der Waals surface area contributed by atoms with Gasteiger partial charge in [-0.05, 0) is 36.1 Å². The van der Waals surface area contributed by atoms with Crippen LogP contribution in [-0.2, 0) is 20.4 Å². The smallest absolute Gasteiger partial charge is 0.326 e. The van der Waals surface area contributed by atoms with E-state index in [9.17, 15) is 18.0 Å². The second kappa shape index (κ2) is 8.28. The van der Waals surface area contributed by atoms with Crippen LogP contribution in [-0.4, -0.2) is 80.5 Å². The molecule has 3 aliphatic heterocycles. The van der Waals surface area contributed by atoms with E-state index >= 15 is 0 Å². The summed E-state index contributed by atoms with van der Waals surface area (Å²) < 4.78 is 38.4. The molecule has 1 aromatic carbocycles. The molecule has 0 saturated carbocycles. The largest absolute Gasteiger partial charge is 0.486 e. The van der Waals surface area contributed by atoms with E-state index in [-0.39, 0.29) is 12.6 Å². The number of sulfonamides is 1. The molecule has 1 aromatic heterocycles. The molecule has 176 valence electrons. The van der Waals surface area contributed by atoms with Crippen LogP contribution in [0.2, 0.25) is 0 Å². The van der Waals surface area contributed by atoms with Crippen LogP contribution < -0.4 is 14.8 Å². The van der Waals surface area contributed by atoms with Crippen LogP contribution >= 0.6 is 11.3 Å². The molecular weight excluding hydrogens is 468 g/mol. The monoisotopic (exact) mass is 492 g/mol. The molecule has 12 heteroatoms. The predicted molar refractivity (Wildman–Crippen MR) is 120 cm³/mol. The van der Waals surface area contributed by atoms with Gasteiger partial charge in [0.1, 0.15) is 23.0 Å². The molecule has 0 unspecified atom stereocenters. The van der Waals surface area contributed by atoms with Crippen LogP contribution in [0.5, 0.6) is 11.5 Å². The van der Waals surface area contributed by atoms with Gasteiger partial charge in [0, 0.05) is 26.2 Å². The molecule has 2 aromatic rings. The molecule has 1 N–H and O–H groups in total. The summed E-state index contributed by atoms with van der Waals surface area (Å²) in [4.78, 5) is 29.1. The molecule has 0 spiro atoms. The molecule has 1 atom stereocenters. The third-order valence-electron chi connectivity index (χ3n) is 6.16. The van der Waals surface area contributed by atoms with Gasteiger partial charge in [-0.2, -0.15) is 4.31 Å². The number of fused-ring (bicyclic) bond motifs is 1. The summed E-state index contributed by atoms with van der Waals surface area (Å²) in [5.74, 6) is 0.791. The highest BCUT2D eigenvalue weighted by atomic mass is 32.2. The molecule has 4 heterocycles. The number of imide groups is 1. The Balaban J connectivity index is 1.26. The minimum atomic E-state index is -3.51. The third kappa shape index (κ3) is 3.86. The second-order valence-corrected chi connectivity index (χ2v) is 11.4. The Labute approximate surface area is 195 Å². The first-order valence-corrected chi connectivity index (χ1v) is 12.9. The number of thiophene rings is 1. The van der Waals surface area contributed by atoms with Crippen LogP contribution in [0.15, 0.2) is 39.9 Å². The van der Waals surface area contributed by atoms with E-state index in [0.29, 0.717) is 60.7 Å². The number of rotatable bonds is 5. The van der Waals surface area contributed by atoms with Crippen molar-refractivity contribution >= 4 is 33.3 Å². The zero-order chi connectivity index (χ0) is 23.2. The zero-order valence-electron chi connectivity index (χ0n) is 18.0. The first-order valence-electron chi connectivity index (χ1n) is 10.6. The summed E-state index contributed by atoms with van der Waals surface area (Å²) in [6.07, 6.45) is 0. The lowest BCUT2D eigenvalue weighted by Gasteiger charge is -2.35. The summed E-state index contributed by atoms with van der Waals surface area (Å²) in [5.41, 5.74) is -0.614. The fourth-order valence-electron chi connectivity index (χ4n) is 4.22. The van der Waals surface area contributed by atoms with Gasteiger partial charge in [0.25, 0.3) is 15.9 Å². The molecule has 2 fully saturated rings. The average Bonchev–Trinajstić information content (AvgIpc) is 3.44. The SMILES string of the molecule is C[C@]1(c2ccc3c(c2)OCCO3)NC(=O)N(CN2CCN(S(=O)(=O)c3cccs3)CC2)C1=O. The van der Waals surface area contributed by atoms with Crippen LogP contribution in [0.1, 0.15) is 12.5 Å². The van der Waals surface area contributed by atoms with E-state index in [0.717, 1.165) is 0 Å². The number of amides is 3. The number of carbonyl (C=O) groups is 2. The minimum Gasteiger partial charge on any atom is -0.486 e. The van der Waals surface area contributed by atoms with Gasteiger partial charge in [0.2, 0.25) is 0 Å². The van der Waals surface area contributed by atoms with E-state index < -0.39 is 21.6 Å². The summed E-state index contributed by atoms with van der Waals surface area (Å²) in [6.45, 7) is 4.09. The molecule has 3 aliphatic rings. The van der Waals surface area contributed by atoms with Gasteiger partial charge >= 0.3 is 6.03 Å². The Morgan fingerprint density at radius 2 is 1.79 bits per heavy atom. The van der Waals surface area contributed by atoms with Crippen molar-refractivity contribution in [3.8, 4) is 11.5 Å². The van der Waals surface area contributed by atoms with E-state index in [1.165, 1.54) is 20.5 Å². The van der Waals surface area contributed by atoms with Gasteiger partial charge in [-0.15, -0.1) is 11.3 Å². The summed E-state index contributed by atoms with van der Waals surface area (Å²) in [5, 5.41) is 4.54. The van der Waals surface area contributed by atoms with E-state index in [1.807, 2.05) is 4.90 Å². The van der Waals surface area contributed by atoms with E-state index in [2.05, 4.69) is 5.32 Å². The van der Waals surface area contributed by atoms with Crippen LogP contribution in [0.3, 0.4) is 0 Å². The minimum absolute atomic E-state index is 0.0949. The first-order chi connectivity index (χ1) is 15.8. The van der Waals surface area contributed by atoms with Gasteiger partial charge in [0.15, 0.2) is 11.5 Å². The number of hydrogen-bond acceptors (Lipinski definition) is 8. The molecule has 3 amide bonds. The quantitative estimate of drug-likeness (QED) is 0.626. The summed E-state index contributed by atoms with van der Waals surface area (Å²) in [6, 6.07) is 8.05. The van der Waals surface area contributed by atoms with Crippen molar-refractivity contribution in [2.45, 2.75) is 16.7 Å². The summed E-state index contributed by atoms with van der Waals surface area (Å²) in [7, 11) is -3.51. The number of ether oxygens (including phenoxy) is 2. The third-order valence-corrected chi connectivity index (χ3v) is 9.43. The zero-order valence-corrected chi connectivity index (χ0v) is 19.7. The lowest BCUT2D eigenvalue weighted by Crippen LogP contribution is -2.52. The van der Waals surface area contributed by atoms with Crippen molar-refractivity contribution < 1.29 is 27.5 Å². The number of piperazine rings is 1. The Morgan fingerprint density at radius 3 is 2.48 bits per heavy atom. The maximum absolute atomic E-state index is 13.3. The average molecular weight is 493 g/mol. The maximum Gasteiger partial charge on any atom is 0.326 e. The van der Waals surface area contributed by atoms with Crippen LogP contribution in [0.4, 0.5) is 4.79 Å². The Hall–Kier alpha value is -2.67. The Morgan fingerprint density at radius 1 is 1.06 bits per heavy atom. The normalized spacial score (nSPS) is 24.2. The van der Waals surface area contributed by atoms with Gasteiger partial charge in [-0.25, -0.2) is 18.1 Å². The van der Waals surface area contributed by atoms with Crippen molar-refractivity contribution in [1.82, 2.24) is 19.4 Å². The molecule has 10 nitrogen and oxygen atoms in total. The lowest BCUT2D eigenvalue weighted by atomic mass is 9.91. The molecule has 33 heavy (non-hydrogen) atoms. The highest BCUT2D eigenvalue weighted by molar-refractivity contribution is 7.91. The molecule has 2 saturated heterocycles. The Bertz CT molecular complexity index is 1180. The standard InChI is InChI=1S/C21H24N4O6S2/c1-21(15-4-5-16-17(13-15)31-11-10-30-16)19(26)25(20(27)22-21)14-23-6-8-24(9-7-23)33(28,29)18-3-2-12-32-18/h2-5,12-13H,6-11,14H2,1H3,(H,22,27)/t21-/m1/s1. The molecule has 0 radical (unpaired) electrons. The van der Waals surface area contributed by atoms with Crippen molar-refractivity contribution in [2.24, 2.45) is 0 Å². The van der Waals surface area contributed by atoms with Crippen molar-refractivity contribution in [1.29, 1.82) is 0 Å². The highest BCUT2D eigenvalue weighted by Crippen LogP contribution is 2.37. The van der Waals surface area contributed by atoms with Crippen molar-refractivity contribution in [3.05, 3.63) is 41.3 Å². The van der Waals surface area contributed by atoms with Gasteiger partial charge in [0.05, 0.1) is 6.67 Å². The lowest BCUT2D eigenvalue weighted by molar-refractivity contribution is -0.132. The summed E-state index contributed by atoms with van der Waals surface area (Å²) >= 11 is 1.19. The molecule has 0 aliphatic carbocycles. The molecule has 0 bridgehead atoms.